The van der Waals surface area contributed by atoms with E-state index in [4.69, 9.17) is 4.74 Å². The fraction of sp³-hybridized carbons (Fsp3) is 0.500. The maximum Gasteiger partial charge on any atom is 0.201 e. The molecular weight excluding hydrogens is 240 g/mol. The van der Waals surface area contributed by atoms with Gasteiger partial charge >= 0.3 is 0 Å². The molecule has 0 amide bonds. The lowest BCUT2D eigenvalue weighted by molar-refractivity contribution is -0.0260. The van der Waals surface area contributed by atoms with E-state index in [1.54, 1.807) is 0 Å². The Morgan fingerprint density at radius 3 is 3.11 bits per heavy atom. The van der Waals surface area contributed by atoms with E-state index < -0.39 is 0 Å². The van der Waals surface area contributed by atoms with Crippen LogP contribution in [0.15, 0.2) is 24.3 Å². The second kappa shape index (κ2) is 5.19. The molecule has 5 nitrogen and oxygen atoms in total. The lowest BCUT2D eigenvalue weighted by Crippen LogP contribution is -2.47. The van der Waals surface area contributed by atoms with Gasteiger partial charge < -0.3 is 19.9 Å². The van der Waals surface area contributed by atoms with E-state index in [0.29, 0.717) is 0 Å². The zero-order chi connectivity index (χ0) is 13.2. The molecule has 3 rings (SSSR count). The van der Waals surface area contributed by atoms with E-state index in [1.165, 1.54) is 0 Å². The summed E-state index contributed by atoms with van der Waals surface area (Å²) in [5.74, 6) is 0.811. The topological polar surface area (TPSA) is 53.2 Å². The van der Waals surface area contributed by atoms with Gasteiger partial charge in [-0.05, 0) is 26.1 Å². The van der Waals surface area contributed by atoms with Gasteiger partial charge in [0.25, 0.3) is 0 Å². The maximum atomic E-state index is 5.81. The summed E-state index contributed by atoms with van der Waals surface area (Å²) >= 11 is 0. The Kier molecular flexibility index (Phi) is 3.40. The Balaban J connectivity index is 1.69. The second-order valence-corrected chi connectivity index (χ2v) is 5.21. The first kappa shape index (κ1) is 12.4. The molecule has 1 fully saturated rings. The van der Waals surface area contributed by atoms with Gasteiger partial charge in [0.1, 0.15) is 0 Å². The van der Waals surface area contributed by atoms with Crippen molar-refractivity contribution in [2.75, 3.05) is 32.1 Å². The summed E-state index contributed by atoms with van der Waals surface area (Å²) < 4.78 is 5.81. The quantitative estimate of drug-likeness (QED) is 0.882. The normalized spacial score (nSPS) is 22.5. The molecule has 1 saturated heterocycles. The van der Waals surface area contributed by atoms with Crippen molar-refractivity contribution in [3.8, 4) is 0 Å². The van der Waals surface area contributed by atoms with Crippen molar-refractivity contribution >= 4 is 17.0 Å². The molecule has 0 radical (unpaired) electrons. The molecule has 2 aromatic rings. The van der Waals surface area contributed by atoms with Crippen molar-refractivity contribution in [2.24, 2.45) is 0 Å². The highest BCUT2D eigenvalue weighted by molar-refractivity contribution is 5.77. The molecule has 19 heavy (non-hydrogen) atoms. The van der Waals surface area contributed by atoms with E-state index in [-0.39, 0.29) is 12.1 Å². The van der Waals surface area contributed by atoms with Crippen LogP contribution in [0.25, 0.3) is 11.0 Å². The number of aromatic amines is 1. The number of fused-ring (bicyclic) bond motifs is 1. The van der Waals surface area contributed by atoms with E-state index >= 15 is 0 Å². The fourth-order valence-electron chi connectivity index (χ4n) is 2.44. The van der Waals surface area contributed by atoms with Gasteiger partial charge in [-0.2, -0.15) is 0 Å². The maximum absolute atomic E-state index is 5.81. The number of para-hydroxylation sites is 2. The fourth-order valence-corrected chi connectivity index (χ4v) is 2.44. The number of H-pyrrole nitrogens is 1. The number of anilines is 1. The molecule has 1 aliphatic heterocycles. The van der Waals surface area contributed by atoms with E-state index in [2.05, 4.69) is 34.2 Å². The minimum Gasteiger partial charge on any atom is -0.373 e. The monoisotopic (exact) mass is 260 g/mol. The van der Waals surface area contributed by atoms with Gasteiger partial charge in [-0.25, -0.2) is 4.98 Å². The molecule has 2 heterocycles. The number of hydrogen-bond donors (Lipinski definition) is 2. The number of imidazole rings is 1. The summed E-state index contributed by atoms with van der Waals surface area (Å²) in [6.45, 7) is 4.90. The van der Waals surface area contributed by atoms with Crippen LogP contribution in [0.2, 0.25) is 0 Å². The number of morpholine rings is 1. The third-order valence-electron chi connectivity index (χ3n) is 3.61. The number of benzene rings is 1. The summed E-state index contributed by atoms with van der Waals surface area (Å²) in [4.78, 5) is 10.1. The highest BCUT2D eigenvalue weighted by Gasteiger charge is 2.24. The average molecular weight is 260 g/mol. The molecule has 0 bridgehead atoms. The Morgan fingerprint density at radius 1 is 1.47 bits per heavy atom. The zero-order valence-electron chi connectivity index (χ0n) is 11.4. The van der Waals surface area contributed by atoms with Crippen LogP contribution >= 0.6 is 0 Å². The van der Waals surface area contributed by atoms with Gasteiger partial charge in [-0.1, -0.05) is 12.1 Å². The first-order chi connectivity index (χ1) is 9.22. The standard InChI is InChI=1S/C14H20N4O/c1-10(13-9-18(2)7-8-19-13)15-14-16-11-5-3-4-6-12(11)17-14/h3-6,10,13H,7-9H2,1-2H3,(H2,15,16,17). The summed E-state index contributed by atoms with van der Waals surface area (Å²) in [5.41, 5.74) is 2.04. The van der Waals surface area contributed by atoms with Gasteiger partial charge in [0.05, 0.1) is 29.8 Å². The van der Waals surface area contributed by atoms with Crippen LogP contribution in [0.3, 0.4) is 0 Å². The Hall–Kier alpha value is -1.59. The molecule has 2 atom stereocenters. The molecule has 0 spiro atoms. The lowest BCUT2D eigenvalue weighted by atomic mass is 10.1. The summed E-state index contributed by atoms with van der Waals surface area (Å²) in [6.07, 6.45) is 0.201. The van der Waals surface area contributed by atoms with Crippen LogP contribution in [0.5, 0.6) is 0 Å². The molecule has 5 heteroatoms. The number of hydrogen-bond acceptors (Lipinski definition) is 4. The van der Waals surface area contributed by atoms with Crippen molar-refractivity contribution < 1.29 is 4.74 Å². The van der Waals surface area contributed by atoms with Crippen LogP contribution in [-0.4, -0.2) is 53.8 Å². The lowest BCUT2D eigenvalue weighted by Gasteiger charge is -2.33. The zero-order valence-corrected chi connectivity index (χ0v) is 11.4. The number of likely N-dealkylation sites (N-methyl/N-ethyl adjacent to an activating group) is 1. The Morgan fingerprint density at radius 2 is 2.32 bits per heavy atom. The molecule has 0 saturated carbocycles. The minimum atomic E-state index is 0.201. The van der Waals surface area contributed by atoms with Gasteiger partial charge in [0.15, 0.2) is 0 Å². The van der Waals surface area contributed by atoms with Crippen LogP contribution in [-0.2, 0) is 4.74 Å². The van der Waals surface area contributed by atoms with Crippen molar-refractivity contribution in [2.45, 2.75) is 19.1 Å². The summed E-state index contributed by atoms with van der Waals surface area (Å²) in [5, 5.41) is 3.40. The number of rotatable bonds is 3. The number of nitrogens with zero attached hydrogens (tertiary/aromatic N) is 2. The molecule has 2 unspecified atom stereocenters. The molecule has 2 N–H and O–H groups in total. The first-order valence-electron chi connectivity index (χ1n) is 6.74. The smallest absolute Gasteiger partial charge is 0.201 e. The highest BCUT2D eigenvalue weighted by Crippen LogP contribution is 2.16. The number of nitrogens with one attached hydrogen (secondary N) is 2. The van der Waals surface area contributed by atoms with Crippen molar-refractivity contribution in [1.82, 2.24) is 14.9 Å². The van der Waals surface area contributed by atoms with E-state index in [1.807, 2.05) is 24.3 Å². The molecule has 1 aromatic carbocycles. The minimum absolute atomic E-state index is 0.201. The van der Waals surface area contributed by atoms with Crippen LogP contribution in [0, 0.1) is 0 Å². The number of ether oxygens (including phenoxy) is 1. The van der Waals surface area contributed by atoms with Gasteiger partial charge in [0, 0.05) is 13.1 Å². The summed E-state index contributed by atoms with van der Waals surface area (Å²) in [6, 6.07) is 8.27. The van der Waals surface area contributed by atoms with Crippen molar-refractivity contribution in [3.63, 3.8) is 0 Å². The van der Waals surface area contributed by atoms with E-state index in [0.717, 1.165) is 36.7 Å². The van der Waals surface area contributed by atoms with Crippen LogP contribution < -0.4 is 5.32 Å². The molecule has 1 aliphatic rings. The van der Waals surface area contributed by atoms with Gasteiger partial charge in [-0.15, -0.1) is 0 Å². The highest BCUT2D eigenvalue weighted by atomic mass is 16.5. The van der Waals surface area contributed by atoms with E-state index in [9.17, 15) is 0 Å². The number of aromatic nitrogens is 2. The van der Waals surface area contributed by atoms with Gasteiger partial charge in [-0.3, -0.25) is 0 Å². The largest absolute Gasteiger partial charge is 0.373 e. The van der Waals surface area contributed by atoms with Crippen molar-refractivity contribution in [3.05, 3.63) is 24.3 Å². The molecule has 1 aromatic heterocycles. The Bertz CT molecular complexity index is 520. The van der Waals surface area contributed by atoms with Crippen molar-refractivity contribution in [1.29, 1.82) is 0 Å². The first-order valence-corrected chi connectivity index (χ1v) is 6.74. The SMILES string of the molecule is CC(Nc1nc2ccccc2[nH]1)C1CN(C)CCO1. The Labute approximate surface area is 113 Å². The molecule has 102 valence electrons. The average Bonchev–Trinajstić information content (AvgIpc) is 2.80. The summed E-state index contributed by atoms with van der Waals surface area (Å²) in [7, 11) is 2.13. The third-order valence-corrected chi connectivity index (χ3v) is 3.61. The molecular formula is C14H20N4O. The van der Waals surface area contributed by atoms with Gasteiger partial charge in [0.2, 0.25) is 5.95 Å². The third kappa shape index (κ3) is 2.72. The molecule has 0 aliphatic carbocycles. The second-order valence-electron chi connectivity index (χ2n) is 5.21. The van der Waals surface area contributed by atoms with Crippen LogP contribution in [0.4, 0.5) is 5.95 Å². The predicted octanol–water partition coefficient (Wildman–Crippen LogP) is 1.69. The van der Waals surface area contributed by atoms with Crippen LogP contribution in [0.1, 0.15) is 6.92 Å². The predicted molar refractivity (Wildman–Crippen MR) is 76.4 cm³/mol.